The van der Waals surface area contributed by atoms with Crippen LogP contribution in [-0.4, -0.2) is 23.0 Å². The summed E-state index contributed by atoms with van der Waals surface area (Å²) in [5.74, 6) is -1.07. The van der Waals surface area contributed by atoms with E-state index in [1.54, 1.807) is 0 Å². The van der Waals surface area contributed by atoms with Crippen LogP contribution in [0, 0.1) is 11.8 Å². The summed E-state index contributed by atoms with van der Waals surface area (Å²) in [4.78, 5) is 23.5. The van der Waals surface area contributed by atoms with Gasteiger partial charge in [0.2, 0.25) is 5.91 Å². The zero-order chi connectivity index (χ0) is 14.3. The molecule has 0 aromatic rings. The molecule has 0 bridgehead atoms. The first-order valence-corrected chi connectivity index (χ1v) is 7.63. The smallest absolute Gasteiger partial charge is 0.308 e. The maximum absolute atomic E-state index is 12.3. The Kier molecular flexibility index (Phi) is 6.89. The first kappa shape index (κ1) is 16.0. The van der Waals surface area contributed by atoms with Gasteiger partial charge in [-0.25, -0.2) is 0 Å². The first-order chi connectivity index (χ1) is 9.10. The minimum atomic E-state index is -0.771. The molecule has 1 fully saturated rings. The van der Waals surface area contributed by atoms with Crippen molar-refractivity contribution in [1.29, 1.82) is 0 Å². The Hall–Kier alpha value is -1.06. The van der Waals surface area contributed by atoms with E-state index in [0.717, 1.165) is 44.9 Å². The van der Waals surface area contributed by atoms with Crippen LogP contribution in [0.2, 0.25) is 0 Å². The van der Waals surface area contributed by atoms with Crippen LogP contribution in [0.25, 0.3) is 0 Å². The molecule has 1 amide bonds. The van der Waals surface area contributed by atoms with Crippen LogP contribution in [0.3, 0.4) is 0 Å². The third-order valence-corrected chi connectivity index (χ3v) is 4.06. The van der Waals surface area contributed by atoms with Crippen molar-refractivity contribution in [2.75, 3.05) is 0 Å². The normalized spacial score (nSPS) is 23.3. The van der Waals surface area contributed by atoms with Crippen molar-refractivity contribution in [2.45, 2.75) is 71.3 Å². The van der Waals surface area contributed by atoms with E-state index in [1.807, 2.05) is 0 Å². The molecule has 110 valence electrons. The van der Waals surface area contributed by atoms with Crippen LogP contribution >= 0.6 is 0 Å². The molecule has 2 N–H and O–H groups in total. The molecule has 0 aliphatic heterocycles. The molecule has 0 aromatic heterocycles. The lowest BCUT2D eigenvalue weighted by molar-refractivity contribution is -0.144. The molecule has 4 nitrogen and oxygen atoms in total. The van der Waals surface area contributed by atoms with Crippen molar-refractivity contribution in [2.24, 2.45) is 11.8 Å². The van der Waals surface area contributed by atoms with Crippen molar-refractivity contribution < 1.29 is 14.7 Å². The highest BCUT2D eigenvalue weighted by Crippen LogP contribution is 2.25. The highest BCUT2D eigenvalue weighted by molar-refractivity contribution is 5.80. The van der Waals surface area contributed by atoms with Gasteiger partial charge < -0.3 is 10.4 Å². The Balaban J connectivity index is 2.59. The Morgan fingerprint density at radius 2 is 1.74 bits per heavy atom. The van der Waals surface area contributed by atoms with E-state index in [9.17, 15) is 14.7 Å². The molecule has 1 rings (SSSR count). The molecule has 1 aliphatic rings. The Bertz CT molecular complexity index is 298. The van der Waals surface area contributed by atoms with Gasteiger partial charge in [-0.3, -0.25) is 9.59 Å². The summed E-state index contributed by atoms with van der Waals surface area (Å²) in [6.45, 7) is 4.16. The van der Waals surface area contributed by atoms with Gasteiger partial charge in [-0.05, 0) is 25.7 Å². The number of amides is 1. The summed E-state index contributed by atoms with van der Waals surface area (Å²) < 4.78 is 0. The number of hydrogen-bond donors (Lipinski definition) is 2. The van der Waals surface area contributed by atoms with Crippen LogP contribution in [0.5, 0.6) is 0 Å². The Morgan fingerprint density at radius 1 is 1.16 bits per heavy atom. The highest BCUT2D eigenvalue weighted by atomic mass is 16.4. The fraction of sp³-hybridized carbons (Fsp3) is 0.867. The Morgan fingerprint density at radius 3 is 2.26 bits per heavy atom. The van der Waals surface area contributed by atoms with Crippen molar-refractivity contribution in [1.82, 2.24) is 5.32 Å². The molecule has 19 heavy (non-hydrogen) atoms. The molecule has 0 radical (unpaired) electrons. The number of hydrogen-bond acceptors (Lipinski definition) is 2. The zero-order valence-electron chi connectivity index (χ0n) is 12.2. The van der Waals surface area contributed by atoms with Gasteiger partial charge in [0.1, 0.15) is 0 Å². The van der Waals surface area contributed by atoms with Gasteiger partial charge in [0.25, 0.3) is 0 Å². The quantitative estimate of drug-likeness (QED) is 0.746. The molecule has 2 atom stereocenters. The second kappa shape index (κ2) is 8.18. The molecule has 0 heterocycles. The fourth-order valence-corrected chi connectivity index (χ4v) is 3.00. The van der Waals surface area contributed by atoms with Gasteiger partial charge in [-0.1, -0.05) is 39.5 Å². The predicted octanol–water partition coefficient (Wildman–Crippen LogP) is 2.96. The van der Waals surface area contributed by atoms with Gasteiger partial charge in [-0.2, -0.15) is 0 Å². The third-order valence-electron chi connectivity index (χ3n) is 4.06. The van der Waals surface area contributed by atoms with E-state index in [4.69, 9.17) is 0 Å². The second-order valence-corrected chi connectivity index (χ2v) is 5.62. The van der Waals surface area contributed by atoms with Gasteiger partial charge in [0.15, 0.2) is 0 Å². The molecular formula is C15H27NO3. The van der Waals surface area contributed by atoms with Crippen LogP contribution < -0.4 is 5.32 Å². The molecule has 0 aromatic carbocycles. The molecule has 1 saturated carbocycles. The number of carbonyl (C=O) groups excluding carboxylic acids is 1. The standard InChI is InChI=1S/C15H27NO3/c1-3-7-11(8-4-2)14(17)16-13-10-6-5-9-12(13)15(18)19/h11-13H,3-10H2,1-2H3,(H,16,17)(H,18,19). The largest absolute Gasteiger partial charge is 0.481 e. The van der Waals surface area contributed by atoms with Crippen molar-refractivity contribution in [3.63, 3.8) is 0 Å². The summed E-state index contributed by atoms with van der Waals surface area (Å²) >= 11 is 0. The minimum absolute atomic E-state index is 0.0476. The minimum Gasteiger partial charge on any atom is -0.481 e. The van der Waals surface area contributed by atoms with E-state index in [1.165, 1.54) is 0 Å². The van der Waals surface area contributed by atoms with Gasteiger partial charge in [0.05, 0.1) is 5.92 Å². The molecule has 2 unspecified atom stereocenters. The average molecular weight is 269 g/mol. The van der Waals surface area contributed by atoms with Crippen LogP contribution in [0.4, 0.5) is 0 Å². The van der Waals surface area contributed by atoms with Gasteiger partial charge in [-0.15, -0.1) is 0 Å². The maximum Gasteiger partial charge on any atom is 0.308 e. The highest BCUT2D eigenvalue weighted by Gasteiger charge is 2.32. The first-order valence-electron chi connectivity index (χ1n) is 7.63. The third kappa shape index (κ3) is 4.84. The van der Waals surface area contributed by atoms with E-state index in [-0.39, 0.29) is 17.9 Å². The lowest BCUT2D eigenvalue weighted by Gasteiger charge is -2.30. The van der Waals surface area contributed by atoms with E-state index >= 15 is 0 Å². The number of nitrogens with one attached hydrogen (secondary N) is 1. The molecule has 1 aliphatic carbocycles. The van der Waals surface area contributed by atoms with E-state index < -0.39 is 11.9 Å². The molecule has 0 saturated heterocycles. The van der Waals surface area contributed by atoms with Crippen LogP contribution in [-0.2, 0) is 9.59 Å². The zero-order valence-corrected chi connectivity index (χ0v) is 12.2. The summed E-state index contributed by atoms with van der Waals surface area (Å²) in [5, 5.41) is 12.2. The van der Waals surface area contributed by atoms with Crippen molar-refractivity contribution in [3.05, 3.63) is 0 Å². The molecule has 0 spiro atoms. The monoisotopic (exact) mass is 269 g/mol. The topological polar surface area (TPSA) is 66.4 Å². The van der Waals surface area contributed by atoms with Crippen LogP contribution in [0.15, 0.2) is 0 Å². The number of rotatable bonds is 7. The summed E-state index contributed by atoms with van der Waals surface area (Å²) in [6.07, 6.45) is 7.22. The van der Waals surface area contributed by atoms with Gasteiger partial charge in [0, 0.05) is 12.0 Å². The summed E-state index contributed by atoms with van der Waals surface area (Å²) in [6, 6.07) is -0.171. The molecular weight excluding hydrogens is 242 g/mol. The fourth-order valence-electron chi connectivity index (χ4n) is 3.00. The van der Waals surface area contributed by atoms with Crippen LogP contribution in [0.1, 0.15) is 65.2 Å². The van der Waals surface area contributed by atoms with Crippen molar-refractivity contribution in [3.8, 4) is 0 Å². The average Bonchev–Trinajstić information content (AvgIpc) is 2.38. The number of aliphatic carboxylic acids is 1. The predicted molar refractivity (Wildman–Crippen MR) is 74.8 cm³/mol. The summed E-state index contributed by atoms with van der Waals surface area (Å²) in [5.41, 5.74) is 0. The summed E-state index contributed by atoms with van der Waals surface area (Å²) in [7, 11) is 0. The van der Waals surface area contributed by atoms with E-state index in [2.05, 4.69) is 19.2 Å². The lowest BCUT2D eigenvalue weighted by Crippen LogP contribution is -2.47. The van der Waals surface area contributed by atoms with E-state index in [0.29, 0.717) is 6.42 Å². The number of carboxylic acid groups (broad SMARTS) is 1. The maximum atomic E-state index is 12.3. The number of carbonyl (C=O) groups is 2. The number of carboxylic acids is 1. The lowest BCUT2D eigenvalue weighted by atomic mass is 9.84. The second-order valence-electron chi connectivity index (χ2n) is 5.62. The SMILES string of the molecule is CCCC(CCC)C(=O)NC1CCCCC1C(=O)O. The van der Waals surface area contributed by atoms with Gasteiger partial charge >= 0.3 is 5.97 Å². The van der Waals surface area contributed by atoms with Crippen molar-refractivity contribution >= 4 is 11.9 Å². The Labute approximate surface area is 116 Å². The molecule has 4 heteroatoms.